The molecule has 0 bridgehead atoms. The average molecular weight is 252 g/mol. The van der Waals surface area contributed by atoms with Gasteiger partial charge < -0.3 is 9.84 Å². The highest BCUT2D eigenvalue weighted by Crippen LogP contribution is 2.19. The minimum Gasteiger partial charge on any atom is -0.477 e. The molecule has 2 rings (SSSR count). The Labute approximate surface area is 101 Å². The molecule has 0 saturated carbocycles. The van der Waals surface area contributed by atoms with Crippen molar-refractivity contribution in [3.63, 3.8) is 0 Å². The lowest BCUT2D eigenvalue weighted by Gasteiger charge is -2.03. The number of hydrogen-bond acceptors (Lipinski definition) is 5. The van der Waals surface area contributed by atoms with Crippen LogP contribution in [0.15, 0.2) is 30.7 Å². The van der Waals surface area contributed by atoms with Gasteiger partial charge in [0.2, 0.25) is 0 Å². The lowest BCUT2D eigenvalue weighted by atomic mass is 10.4. The van der Waals surface area contributed by atoms with Crippen LogP contribution in [-0.2, 0) is 0 Å². The van der Waals surface area contributed by atoms with E-state index in [0.29, 0.717) is 10.8 Å². The molecule has 17 heavy (non-hydrogen) atoms. The van der Waals surface area contributed by atoms with Gasteiger partial charge in [-0.25, -0.2) is 9.78 Å². The molecule has 2 heterocycles. The minimum atomic E-state index is -1.15. The van der Waals surface area contributed by atoms with Gasteiger partial charge in [0.15, 0.2) is 11.4 Å². The van der Waals surface area contributed by atoms with Gasteiger partial charge in [0.25, 0.3) is 0 Å². The van der Waals surface area contributed by atoms with Crippen molar-refractivity contribution in [1.82, 2.24) is 15.0 Å². The van der Waals surface area contributed by atoms with Crippen LogP contribution >= 0.6 is 11.6 Å². The van der Waals surface area contributed by atoms with Gasteiger partial charge in [0, 0.05) is 18.5 Å². The first kappa shape index (κ1) is 11.3. The maximum Gasteiger partial charge on any atom is 0.354 e. The Bertz CT molecular complexity index is 562. The number of ether oxygens (including phenoxy) is 1. The summed E-state index contributed by atoms with van der Waals surface area (Å²) in [5.74, 6) is -0.818. The number of aromatic nitrogens is 3. The van der Waals surface area contributed by atoms with E-state index < -0.39 is 5.97 Å². The summed E-state index contributed by atoms with van der Waals surface area (Å²) in [5, 5.41) is 9.14. The number of rotatable bonds is 3. The maximum absolute atomic E-state index is 10.7. The number of carboxylic acid groups (broad SMARTS) is 1. The van der Waals surface area contributed by atoms with Gasteiger partial charge in [0.1, 0.15) is 0 Å². The van der Waals surface area contributed by atoms with E-state index in [2.05, 4.69) is 15.0 Å². The van der Waals surface area contributed by atoms with E-state index in [9.17, 15) is 4.79 Å². The summed E-state index contributed by atoms with van der Waals surface area (Å²) in [6, 6.07) is 2.71. The summed E-state index contributed by atoms with van der Waals surface area (Å²) in [4.78, 5) is 22.0. The van der Waals surface area contributed by atoms with E-state index >= 15 is 0 Å². The Balaban J connectivity index is 2.24. The average Bonchev–Trinajstić information content (AvgIpc) is 2.29. The molecule has 0 aliphatic rings. The van der Waals surface area contributed by atoms with Gasteiger partial charge in [-0.3, -0.25) is 4.98 Å². The number of halogens is 1. The van der Waals surface area contributed by atoms with E-state index in [1.54, 1.807) is 0 Å². The molecule has 0 aliphatic carbocycles. The first-order valence-electron chi connectivity index (χ1n) is 4.50. The van der Waals surface area contributed by atoms with Crippen molar-refractivity contribution in [3.05, 3.63) is 41.4 Å². The van der Waals surface area contributed by atoms with Crippen molar-refractivity contribution >= 4 is 17.6 Å². The molecule has 0 fully saturated rings. The van der Waals surface area contributed by atoms with E-state index in [0.717, 1.165) is 0 Å². The van der Waals surface area contributed by atoms with Gasteiger partial charge in [-0.05, 0) is 6.07 Å². The molecule has 0 unspecified atom stereocenters. The van der Waals surface area contributed by atoms with Gasteiger partial charge in [0.05, 0.1) is 11.2 Å². The molecule has 0 spiro atoms. The van der Waals surface area contributed by atoms with Crippen LogP contribution in [0.1, 0.15) is 10.5 Å². The molecule has 2 aromatic rings. The van der Waals surface area contributed by atoms with Crippen LogP contribution in [-0.4, -0.2) is 26.0 Å². The topological polar surface area (TPSA) is 85.2 Å². The summed E-state index contributed by atoms with van der Waals surface area (Å²) in [6.45, 7) is 0. The van der Waals surface area contributed by atoms with Gasteiger partial charge >= 0.3 is 12.0 Å². The molecule has 6 nitrogen and oxygen atoms in total. The van der Waals surface area contributed by atoms with E-state index in [-0.39, 0.29) is 11.7 Å². The molecular formula is C10H6ClN3O3. The zero-order chi connectivity index (χ0) is 12.3. The van der Waals surface area contributed by atoms with Crippen LogP contribution in [0.5, 0.6) is 11.8 Å². The quantitative estimate of drug-likeness (QED) is 0.898. The fraction of sp³-hybridized carbons (Fsp3) is 0. The van der Waals surface area contributed by atoms with Crippen LogP contribution in [0.2, 0.25) is 5.02 Å². The Morgan fingerprint density at radius 1 is 1.41 bits per heavy atom. The predicted molar refractivity (Wildman–Crippen MR) is 58.3 cm³/mol. The van der Waals surface area contributed by atoms with Crippen molar-refractivity contribution < 1.29 is 14.6 Å². The Kier molecular flexibility index (Phi) is 3.15. The van der Waals surface area contributed by atoms with Gasteiger partial charge in [-0.2, -0.15) is 4.98 Å². The zero-order valence-electron chi connectivity index (χ0n) is 8.37. The van der Waals surface area contributed by atoms with Crippen LogP contribution in [0.4, 0.5) is 0 Å². The number of hydrogen-bond donors (Lipinski definition) is 1. The third-order valence-corrected chi connectivity index (χ3v) is 1.95. The predicted octanol–water partition coefficient (Wildman–Crippen LogP) is 2.02. The number of nitrogens with zero attached hydrogens (tertiary/aromatic N) is 3. The molecular weight excluding hydrogens is 246 g/mol. The molecule has 0 radical (unpaired) electrons. The lowest BCUT2D eigenvalue weighted by Crippen LogP contribution is -2.02. The molecule has 1 N–H and O–H groups in total. The first-order valence-corrected chi connectivity index (χ1v) is 4.88. The fourth-order valence-corrected chi connectivity index (χ4v) is 1.23. The molecule has 0 aliphatic heterocycles. The fourth-order valence-electron chi connectivity index (χ4n) is 1.06. The highest BCUT2D eigenvalue weighted by Gasteiger charge is 2.08. The van der Waals surface area contributed by atoms with Gasteiger partial charge in [-0.15, -0.1) is 0 Å². The second-order valence-electron chi connectivity index (χ2n) is 2.97. The SMILES string of the molecule is O=C(O)c1ccnc(Oc2cncc(Cl)c2)n1. The maximum atomic E-state index is 10.7. The van der Waals surface area contributed by atoms with E-state index in [1.807, 2.05) is 0 Å². The second kappa shape index (κ2) is 4.75. The summed E-state index contributed by atoms with van der Waals surface area (Å²) in [5.41, 5.74) is -0.148. The third kappa shape index (κ3) is 2.88. The van der Waals surface area contributed by atoms with Crippen molar-refractivity contribution in [2.45, 2.75) is 0 Å². The Morgan fingerprint density at radius 2 is 2.24 bits per heavy atom. The Hall–Kier alpha value is -2.21. The van der Waals surface area contributed by atoms with Crippen LogP contribution in [0, 0.1) is 0 Å². The highest BCUT2D eigenvalue weighted by atomic mass is 35.5. The zero-order valence-corrected chi connectivity index (χ0v) is 9.13. The second-order valence-corrected chi connectivity index (χ2v) is 3.41. The standard InChI is InChI=1S/C10H6ClN3O3/c11-6-3-7(5-12-4-6)17-10-13-2-1-8(14-10)9(15)16/h1-5H,(H,15,16). The molecule has 0 saturated heterocycles. The summed E-state index contributed by atoms with van der Waals surface area (Å²) in [7, 11) is 0. The normalized spacial score (nSPS) is 9.94. The van der Waals surface area contributed by atoms with E-state index in [1.165, 1.54) is 30.7 Å². The summed E-state index contributed by atoms with van der Waals surface area (Å²) < 4.78 is 5.22. The smallest absolute Gasteiger partial charge is 0.354 e. The monoisotopic (exact) mass is 251 g/mol. The van der Waals surface area contributed by atoms with Crippen molar-refractivity contribution in [3.8, 4) is 11.8 Å². The number of carbonyl (C=O) groups is 1. The highest BCUT2D eigenvalue weighted by molar-refractivity contribution is 6.30. The third-order valence-electron chi connectivity index (χ3n) is 1.74. The summed E-state index contributed by atoms with van der Waals surface area (Å²) in [6.07, 6.45) is 4.16. The van der Waals surface area contributed by atoms with Gasteiger partial charge in [-0.1, -0.05) is 11.6 Å². The first-order chi connectivity index (χ1) is 8.15. The minimum absolute atomic E-state index is 0.0750. The number of pyridine rings is 1. The van der Waals surface area contributed by atoms with Crippen LogP contribution in [0.25, 0.3) is 0 Å². The molecule has 86 valence electrons. The largest absolute Gasteiger partial charge is 0.477 e. The lowest BCUT2D eigenvalue weighted by molar-refractivity contribution is 0.0689. The van der Waals surface area contributed by atoms with Crippen molar-refractivity contribution in [1.29, 1.82) is 0 Å². The molecule has 2 aromatic heterocycles. The summed E-state index contributed by atoms with van der Waals surface area (Å²) >= 11 is 5.72. The molecule has 0 atom stereocenters. The van der Waals surface area contributed by atoms with Crippen LogP contribution < -0.4 is 4.74 Å². The number of aromatic carboxylic acids is 1. The van der Waals surface area contributed by atoms with Crippen LogP contribution in [0.3, 0.4) is 0 Å². The van der Waals surface area contributed by atoms with E-state index in [4.69, 9.17) is 21.4 Å². The molecule has 0 amide bonds. The van der Waals surface area contributed by atoms with Crippen molar-refractivity contribution in [2.75, 3.05) is 0 Å². The number of carboxylic acids is 1. The van der Waals surface area contributed by atoms with Crippen molar-refractivity contribution in [2.24, 2.45) is 0 Å². The molecule has 7 heteroatoms. The Morgan fingerprint density at radius 3 is 2.94 bits per heavy atom. The molecule has 0 aromatic carbocycles.